The van der Waals surface area contributed by atoms with Gasteiger partial charge in [-0.15, -0.1) is 11.3 Å². The lowest BCUT2D eigenvalue weighted by atomic mass is 10.1. The molecule has 1 saturated heterocycles. The molecule has 4 N–H and O–H groups in total. The highest BCUT2D eigenvalue weighted by Crippen LogP contribution is 2.29. The molecule has 0 amide bonds. The topological polar surface area (TPSA) is 84.1 Å². The standard InChI is InChI=1S/C19H27ClFN5OS2/c20-15-11-18(29(27)26-19-25-9-10-28-19)16(21)12-17(15)24-8-4-3-6-22-13-14-5-1-2-7-23-14/h9-12,14,22-24H,1-8,13H2,(H,25,26)/t14-,29?/m0/s1. The van der Waals surface area contributed by atoms with Gasteiger partial charge in [0.2, 0.25) is 10.0 Å². The molecule has 0 aliphatic carbocycles. The summed E-state index contributed by atoms with van der Waals surface area (Å²) in [6, 6.07) is 3.29. The molecule has 0 bridgehead atoms. The van der Waals surface area contributed by atoms with E-state index < -0.39 is 17.2 Å². The second-order valence-electron chi connectivity index (χ2n) is 6.96. The van der Waals surface area contributed by atoms with Gasteiger partial charge in [0.25, 0.3) is 0 Å². The van der Waals surface area contributed by atoms with Crippen LogP contribution in [-0.2, 0) is 11.4 Å². The zero-order chi connectivity index (χ0) is 20.5. The fourth-order valence-corrected chi connectivity index (χ4v) is 5.06. The van der Waals surface area contributed by atoms with Gasteiger partial charge in [-0.25, -0.2) is 9.37 Å². The number of hydrogen-bond donors (Lipinski definition) is 4. The van der Waals surface area contributed by atoms with E-state index in [1.807, 2.05) is 0 Å². The molecule has 1 unspecified atom stereocenters. The van der Waals surface area contributed by atoms with Gasteiger partial charge in [0, 0.05) is 42.8 Å². The number of piperidine rings is 1. The van der Waals surface area contributed by atoms with Crippen LogP contribution >= 0.6 is 22.9 Å². The molecule has 2 aromatic rings. The molecule has 0 radical (unpaired) electrons. The second-order valence-corrected chi connectivity index (χ2v) is 9.44. The van der Waals surface area contributed by atoms with Crippen LogP contribution in [-0.4, -0.2) is 41.8 Å². The Balaban J connectivity index is 1.37. The molecule has 3 rings (SSSR count). The highest BCUT2D eigenvalue weighted by molar-refractivity contribution is 7.93. The Labute approximate surface area is 183 Å². The van der Waals surface area contributed by atoms with Crippen LogP contribution in [0.15, 0.2) is 28.6 Å². The van der Waals surface area contributed by atoms with Crippen LogP contribution in [0.5, 0.6) is 0 Å². The summed E-state index contributed by atoms with van der Waals surface area (Å²) in [7, 11) is 0. The summed E-state index contributed by atoms with van der Waals surface area (Å²) >= 11 is 5.79. The molecule has 160 valence electrons. The van der Waals surface area contributed by atoms with E-state index in [1.54, 1.807) is 11.6 Å². The molecule has 2 atom stereocenters. The summed E-state index contributed by atoms with van der Waals surface area (Å²) in [5.74, 6) is -0.569. The number of nitrogens with zero attached hydrogens (tertiary/aromatic N) is 1. The molecule has 2 heterocycles. The smallest absolute Gasteiger partial charge is 0.226 e. The predicted octanol–water partition coefficient (Wildman–Crippen LogP) is 3.99. The molecule has 1 aliphatic heterocycles. The van der Waals surface area contributed by atoms with Crippen molar-refractivity contribution in [2.75, 3.05) is 36.2 Å². The third-order valence-electron chi connectivity index (χ3n) is 4.73. The van der Waals surface area contributed by atoms with Crippen molar-refractivity contribution in [3.63, 3.8) is 0 Å². The van der Waals surface area contributed by atoms with Crippen molar-refractivity contribution in [1.29, 1.82) is 0 Å². The maximum absolute atomic E-state index is 14.4. The van der Waals surface area contributed by atoms with Crippen LogP contribution in [0.4, 0.5) is 15.2 Å². The van der Waals surface area contributed by atoms with Crippen molar-refractivity contribution < 1.29 is 8.94 Å². The van der Waals surface area contributed by atoms with Crippen molar-refractivity contribution in [3.05, 3.63) is 34.5 Å². The zero-order valence-electron chi connectivity index (χ0n) is 16.2. The Bertz CT molecular complexity index is 746. The molecule has 1 aliphatic rings. The van der Waals surface area contributed by atoms with Gasteiger partial charge in [-0.2, -0.15) is 4.72 Å². The van der Waals surface area contributed by atoms with Crippen LogP contribution in [0, 0.1) is 5.82 Å². The molecule has 0 spiro atoms. The van der Waals surface area contributed by atoms with Crippen molar-refractivity contribution in [3.8, 4) is 0 Å². The monoisotopic (exact) mass is 459 g/mol. The molecule has 0 saturated carbocycles. The van der Waals surface area contributed by atoms with Gasteiger partial charge in [-0.3, -0.25) is 0 Å². The van der Waals surface area contributed by atoms with Gasteiger partial charge in [-0.1, -0.05) is 18.0 Å². The Kier molecular flexibility index (Phi) is 9.29. The summed E-state index contributed by atoms with van der Waals surface area (Å²) in [5.41, 5.74) is 0.513. The van der Waals surface area contributed by atoms with Crippen molar-refractivity contribution >= 4 is 45.1 Å². The van der Waals surface area contributed by atoms with Gasteiger partial charge in [0.15, 0.2) is 5.82 Å². The van der Waals surface area contributed by atoms with E-state index in [1.165, 1.54) is 42.7 Å². The van der Waals surface area contributed by atoms with E-state index in [-0.39, 0.29) is 4.90 Å². The van der Waals surface area contributed by atoms with Gasteiger partial charge < -0.3 is 20.5 Å². The van der Waals surface area contributed by atoms with Crippen LogP contribution in [0.1, 0.15) is 32.1 Å². The highest BCUT2D eigenvalue weighted by Gasteiger charge is 2.21. The third-order valence-corrected chi connectivity index (χ3v) is 6.95. The first-order valence-corrected chi connectivity index (χ1v) is 12.3. The maximum Gasteiger partial charge on any atom is 0.226 e. The minimum atomic E-state index is -1.76. The molecule has 10 heteroatoms. The molecule has 1 fully saturated rings. The van der Waals surface area contributed by atoms with Gasteiger partial charge in [0.1, 0.15) is 11.4 Å². The van der Waals surface area contributed by atoms with Crippen LogP contribution < -0.4 is 20.7 Å². The lowest BCUT2D eigenvalue weighted by molar-refractivity contribution is 0.383. The summed E-state index contributed by atoms with van der Waals surface area (Å²) < 4.78 is 29.4. The van der Waals surface area contributed by atoms with E-state index >= 15 is 0 Å². The minimum Gasteiger partial charge on any atom is -0.588 e. The Morgan fingerprint density at radius 3 is 2.93 bits per heavy atom. The van der Waals surface area contributed by atoms with Gasteiger partial charge in [0.05, 0.1) is 10.7 Å². The number of hydrogen-bond acceptors (Lipinski definition) is 7. The van der Waals surface area contributed by atoms with E-state index in [9.17, 15) is 8.94 Å². The summed E-state index contributed by atoms with van der Waals surface area (Å²) in [6.07, 6.45) is 7.40. The number of nitrogens with one attached hydrogen (secondary N) is 4. The Morgan fingerprint density at radius 2 is 2.17 bits per heavy atom. The largest absolute Gasteiger partial charge is 0.588 e. The van der Waals surface area contributed by atoms with Crippen LogP contribution in [0.25, 0.3) is 0 Å². The molecular formula is C19H27ClFN5OS2. The summed E-state index contributed by atoms with van der Waals surface area (Å²) in [6.45, 7) is 3.80. The average molecular weight is 460 g/mol. The minimum absolute atomic E-state index is 0.0104. The number of halogens is 2. The average Bonchev–Trinajstić information content (AvgIpc) is 3.23. The second kappa shape index (κ2) is 11.9. The fourth-order valence-electron chi connectivity index (χ4n) is 3.19. The van der Waals surface area contributed by atoms with Crippen LogP contribution in [0.3, 0.4) is 0 Å². The van der Waals surface area contributed by atoms with Crippen molar-refractivity contribution in [1.82, 2.24) is 15.6 Å². The quantitative estimate of drug-likeness (QED) is 0.300. The number of rotatable bonds is 11. The fraction of sp³-hybridized carbons (Fsp3) is 0.526. The molecule has 1 aromatic carbocycles. The number of thiazole rings is 1. The maximum atomic E-state index is 14.4. The molecule has 1 aromatic heterocycles. The third kappa shape index (κ3) is 7.27. The SMILES string of the molecule is [O-][S+](Nc1nccs1)c1cc(Cl)c(NCCCCNC[C@@H]2CCCCN2)cc1F. The molecule has 6 nitrogen and oxygen atoms in total. The summed E-state index contributed by atoms with van der Waals surface area (Å²) in [5, 5.41) is 12.7. The first-order valence-electron chi connectivity index (χ1n) is 9.88. The van der Waals surface area contributed by atoms with Gasteiger partial charge >= 0.3 is 0 Å². The first-order chi connectivity index (χ1) is 14.1. The van der Waals surface area contributed by atoms with Crippen molar-refractivity contribution in [2.24, 2.45) is 0 Å². The van der Waals surface area contributed by atoms with E-state index in [0.29, 0.717) is 28.4 Å². The number of aromatic nitrogens is 1. The van der Waals surface area contributed by atoms with E-state index in [0.717, 1.165) is 32.5 Å². The number of benzene rings is 1. The molecule has 29 heavy (non-hydrogen) atoms. The lowest BCUT2D eigenvalue weighted by Crippen LogP contribution is -2.41. The Hall–Kier alpha value is -1.10. The van der Waals surface area contributed by atoms with E-state index in [2.05, 4.69) is 25.7 Å². The highest BCUT2D eigenvalue weighted by atomic mass is 35.5. The normalized spacial score (nSPS) is 17.8. The summed E-state index contributed by atoms with van der Waals surface area (Å²) in [4.78, 5) is 4.00. The zero-order valence-corrected chi connectivity index (χ0v) is 18.6. The molecular weight excluding hydrogens is 433 g/mol. The number of anilines is 2. The Morgan fingerprint density at radius 1 is 1.31 bits per heavy atom. The van der Waals surface area contributed by atoms with Crippen molar-refractivity contribution in [2.45, 2.75) is 43.0 Å². The first kappa shape index (κ1) is 22.6. The van der Waals surface area contributed by atoms with E-state index in [4.69, 9.17) is 11.6 Å². The number of unbranched alkanes of at least 4 members (excludes halogenated alkanes) is 1. The predicted molar refractivity (Wildman–Crippen MR) is 120 cm³/mol. The van der Waals surface area contributed by atoms with Gasteiger partial charge in [-0.05, 0) is 38.8 Å². The van der Waals surface area contributed by atoms with Crippen LogP contribution in [0.2, 0.25) is 5.02 Å². The lowest BCUT2D eigenvalue weighted by Gasteiger charge is -2.23.